The molecule has 5 heteroatoms. The van der Waals surface area contributed by atoms with Crippen LogP contribution in [0, 0.1) is 0 Å². The van der Waals surface area contributed by atoms with Gasteiger partial charge in [-0.25, -0.2) is 9.59 Å². The Morgan fingerprint density at radius 1 is 0.889 bits per heavy atom. The van der Waals surface area contributed by atoms with Crippen LogP contribution >= 0.6 is 0 Å². The van der Waals surface area contributed by atoms with Crippen molar-refractivity contribution < 1.29 is 19.1 Å². The molecule has 0 saturated carbocycles. The van der Waals surface area contributed by atoms with Crippen LogP contribution in [0.4, 0.5) is 4.79 Å². The fourth-order valence-electron chi connectivity index (χ4n) is 2.85. The van der Waals surface area contributed by atoms with Crippen molar-refractivity contribution in [2.24, 2.45) is 0 Å². The zero-order valence-corrected chi connectivity index (χ0v) is 16.5. The van der Waals surface area contributed by atoms with Crippen molar-refractivity contribution in [1.82, 2.24) is 4.90 Å². The van der Waals surface area contributed by atoms with Gasteiger partial charge in [-0.15, -0.1) is 0 Å². The second kappa shape index (κ2) is 8.71. The van der Waals surface area contributed by atoms with Crippen LogP contribution in [-0.4, -0.2) is 29.7 Å². The van der Waals surface area contributed by atoms with Gasteiger partial charge >= 0.3 is 12.1 Å². The SMILES string of the molecule is COC(=O)C(c1ccccc1)N(C(=O)OC(C)(C)C)[C@@H](C)c1ccccc1. The van der Waals surface area contributed by atoms with E-state index in [2.05, 4.69) is 0 Å². The van der Waals surface area contributed by atoms with Crippen molar-refractivity contribution in [3.63, 3.8) is 0 Å². The van der Waals surface area contributed by atoms with Gasteiger partial charge < -0.3 is 9.47 Å². The van der Waals surface area contributed by atoms with Crippen molar-refractivity contribution in [2.45, 2.75) is 45.4 Å². The predicted octanol–water partition coefficient (Wildman–Crippen LogP) is 4.90. The lowest BCUT2D eigenvalue weighted by molar-refractivity contribution is -0.148. The largest absolute Gasteiger partial charge is 0.467 e. The second-order valence-corrected chi connectivity index (χ2v) is 7.31. The molecule has 0 heterocycles. The molecule has 0 radical (unpaired) electrons. The van der Waals surface area contributed by atoms with Crippen molar-refractivity contribution in [2.75, 3.05) is 7.11 Å². The molecule has 0 fully saturated rings. The minimum atomic E-state index is -0.916. The molecular weight excluding hydrogens is 342 g/mol. The van der Waals surface area contributed by atoms with Gasteiger partial charge in [-0.2, -0.15) is 0 Å². The summed E-state index contributed by atoms with van der Waals surface area (Å²) in [6.45, 7) is 7.27. The van der Waals surface area contributed by atoms with Crippen LogP contribution < -0.4 is 0 Å². The first-order chi connectivity index (χ1) is 12.7. The van der Waals surface area contributed by atoms with Gasteiger partial charge in [0, 0.05) is 0 Å². The highest BCUT2D eigenvalue weighted by Crippen LogP contribution is 2.33. The van der Waals surface area contributed by atoms with E-state index in [0.29, 0.717) is 5.56 Å². The van der Waals surface area contributed by atoms with E-state index in [1.165, 1.54) is 12.0 Å². The Hall–Kier alpha value is -2.82. The molecule has 0 bridgehead atoms. The quantitative estimate of drug-likeness (QED) is 0.704. The molecule has 0 aromatic heterocycles. The number of hydrogen-bond donors (Lipinski definition) is 0. The minimum absolute atomic E-state index is 0.398. The first kappa shape index (κ1) is 20.5. The molecule has 1 amide bonds. The number of rotatable bonds is 5. The van der Waals surface area contributed by atoms with Crippen LogP contribution in [0.1, 0.15) is 50.9 Å². The predicted molar refractivity (Wildman–Crippen MR) is 104 cm³/mol. The first-order valence-corrected chi connectivity index (χ1v) is 8.93. The first-order valence-electron chi connectivity index (χ1n) is 8.93. The molecular formula is C22H27NO4. The molecule has 0 aliphatic carbocycles. The highest BCUT2D eigenvalue weighted by atomic mass is 16.6. The zero-order chi connectivity index (χ0) is 20.0. The second-order valence-electron chi connectivity index (χ2n) is 7.31. The van der Waals surface area contributed by atoms with Gasteiger partial charge in [0.2, 0.25) is 0 Å². The molecule has 2 rings (SSSR count). The standard InChI is InChI=1S/C22H27NO4/c1-16(17-12-8-6-9-13-17)23(21(25)27-22(2,3)4)19(20(24)26-5)18-14-10-7-11-15-18/h6-16,19H,1-5H3/t16-,19?/m0/s1. The molecule has 27 heavy (non-hydrogen) atoms. The topological polar surface area (TPSA) is 55.8 Å². The maximum atomic E-state index is 13.1. The molecule has 5 nitrogen and oxygen atoms in total. The number of carbonyl (C=O) groups excluding carboxylic acids is 2. The third-order valence-corrected chi connectivity index (χ3v) is 4.12. The Kier molecular flexibility index (Phi) is 6.61. The summed E-state index contributed by atoms with van der Waals surface area (Å²) in [6.07, 6.45) is -0.571. The molecule has 0 saturated heterocycles. The van der Waals surface area contributed by atoms with Gasteiger partial charge in [0.1, 0.15) is 5.60 Å². The van der Waals surface area contributed by atoms with E-state index in [4.69, 9.17) is 9.47 Å². The molecule has 1 unspecified atom stereocenters. The van der Waals surface area contributed by atoms with E-state index >= 15 is 0 Å². The molecule has 0 N–H and O–H groups in total. The third kappa shape index (κ3) is 5.33. The van der Waals surface area contributed by atoms with E-state index in [-0.39, 0.29) is 0 Å². The van der Waals surface area contributed by atoms with Crippen molar-refractivity contribution in [3.8, 4) is 0 Å². The highest BCUT2D eigenvalue weighted by Gasteiger charge is 2.38. The van der Waals surface area contributed by atoms with Gasteiger partial charge in [0.05, 0.1) is 13.2 Å². The lowest BCUT2D eigenvalue weighted by atomic mass is 10.0. The number of methoxy groups -OCH3 is 1. The van der Waals surface area contributed by atoms with Gasteiger partial charge in [0.15, 0.2) is 6.04 Å². The van der Waals surface area contributed by atoms with Crippen molar-refractivity contribution in [1.29, 1.82) is 0 Å². The summed E-state index contributed by atoms with van der Waals surface area (Å²) in [5, 5.41) is 0. The Labute approximate surface area is 160 Å². The molecule has 0 aliphatic rings. The Morgan fingerprint density at radius 3 is 1.81 bits per heavy atom. The fraction of sp³-hybridized carbons (Fsp3) is 0.364. The number of nitrogens with zero attached hydrogens (tertiary/aromatic N) is 1. The monoisotopic (exact) mass is 369 g/mol. The summed E-state index contributed by atoms with van der Waals surface area (Å²) in [5.74, 6) is -0.519. The number of benzene rings is 2. The van der Waals surface area contributed by atoms with Crippen LogP contribution in [0.25, 0.3) is 0 Å². The maximum Gasteiger partial charge on any atom is 0.411 e. The highest BCUT2D eigenvalue weighted by molar-refractivity contribution is 5.83. The van der Waals surface area contributed by atoms with Crippen LogP contribution in [0.3, 0.4) is 0 Å². The van der Waals surface area contributed by atoms with Gasteiger partial charge in [-0.1, -0.05) is 60.7 Å². The number of amides is 1. The van der Waals surface area contributed by atoms with Gasteiger partial charge in [-0.3, -0.25) is 4.90 Å². The van der Waals surface area contributed by atoms with E-state index in [9.17, 15) is 9.59 Å². The Balaban J connectivity index is 2.54. The zero-order valence-electron chi connectivity index (χ0n) is 16.5. The Morgan fingerprint density at radius 2 is 1.37 bits per heavy atom. The van der Waals surface area contributed by atoms with Crippen LogP contribution in [-0.2, 0) is 14.3 Å². The van der Waals surface area contributed by atoms with E-state index in [0.717, 1.165) is 5.56 Å². The summed E-state index contributed by atoms with van der Waals surface area (Å²) in [6, 6.07) is 17.3. The average molecular weight is 369 g/mol. The minimum Gasteiger partial charge on any atom is -0.467 e. The fourth-order valence-corrected chi connectivity index (χ4v) is 2.85. The summed E-state index contributed by atoms with van der Waals surface area (Å²) < 4.78 is 10.6. The average Bonchev–Trinajstić information content (AvgIpc) is 2.64. The lowest BCUT2D eigenvalue weighted by Gasteiger charge is -2.36. The molecule has 2 atom stereocenters. The third-order valence-electron chi connectivity index (χ3n) is 4.12. The van der Waals surface area contributed by atoms with E-state index in [1.807, 2.05) is 55.5 Å². The van der Waals surface area contributed by atoms with Crippen molar-refractivity contribution in [3.05, 3.63) is 71.8 Å². The van der Waals surface area contributed by atoms with Crippen LogP contribution in [0.5, 0.6) is 0 Å². The van der Waals surface area contributed by atoms with Gasteiger partial charge in [-0.05, 0) is 38.8 Å². The number of hydrogen-bond acceptors (Lipinski definition) is 4. The molecule has 144 valence electrons. The van der Waals surface area contributed by atoms with Crippen LogP contribution in [0.15, 0.2) is 60.7 Å². The van der Waals surface area contributed by atoms with Gasteiger partial charge in [0.25, 0.3) is 0 Å². The summed E-state index contributed by atoms with van der Waals surface area (Å²) in [4.78, 5) is 27.2. The summed E-state index contributed by atoms with van der Waals surface area (Å²) >= 11 is 0. The summed E-state index contributed by atoms with van der Waals surface area (Å²) in [7, 11) is 1.32. The molecule has 2 aromatic rings. The number of esters is 1. The normalized spacial score (nSPS) is 13.4. The smallest absolute Gasteiger partial charge is 0.411 e. The molecule has 0 aliphatic heterocycles. The molecule has 2 aromatic carbocycles. The maximum absolute atomic E-state index is 13.1. The number of ether oxygens (including phenoxy) is 2. The van der Waals surface area contributed by atoms with Crippen LogP contribution in [0.2, 0.25) is 0 Å². The Bertz CT molecular complexity index is 753. The summed E-state index contributed by atoms with van der Waals surface area (Å²) in [5.41, 5.74) is 0.870. The molecule has 0 spiro atoms. The van der Waals surface area contributed by atoms with E-state index in [1.54, 1.807) is 32.9 Å². The van der Waals surface area contributed by atoms with E-state index < -0.39 is 29.7 Å². The lowest BCUT2D eigenvalue weighted by Crippen LogP contribution is -2.44. The number of carbonyl (C=O) groups is 2. The van der Waals surface area contributed by atoms with Crippen molar-refractivity contribution >= 4 is 12.1 Å².